The lowest BCUT2D eigenvalue weighted by atomic mass is 9.66. The molecule has 1 nitrogen and oxygen atoms in total. The van der Waals surface area contributed by atoms with Crippen LogP contribution in [0.15, 0.2) is 102 Å². The Morgan fingerprint density at radius 1 is 0.889 bits per heavy atom. The lowest BCUT2D eigenvalue weighted by molar-refractivity contribution is 0.639. The molecular formula is C26H23N. The maximum absolute atomic E-state index is 9.09. The van der Waals surface area contributed by atoms with Crippen LogP contribution in [0, 0.1) is 11.3 Å². The first-order valence-corrected chi connectivity index (χ1v) is 9.73. The third kappa shape index (κ3) is 2.66. The molecule has 0 aliphatic heterocycles. The van der Waals surface area contributed by atoms with Crippen molar-refractivity contribution in [3.05, 3.63) is 119 Å². The van der Waals surface area contributed by atoms with Gasteiger partial charge >= 0.3 is 0 Å². The zero-order valence-electron chi connectivity index (χ0n) is 15.4. The Kier molecular flexibility index (Phi) is 3.82. The van der Waals surface area contributed by atoms with E-state index in [9.17, 15) is 0 Å². The van der Waals surface area contributed by atoms with Crippen molar-refractivity contribution < 1.29 is 0 Å². The van der Waals surface area contributed by atoms with E-state index in [0.29, 0.717) is 5.92 Å². The molecule has 2 atom stereocenters. The van der Waals surface area contributed by atoms with Crippen molar-refractivity contribution in [3.8, 4) is 0 Å². The first-order valence-electron chi connectivity index (χ1n) is 9.73. The second-order valence-electron chi connectivity index (χ2n) is 7.81. The number of allylic oxidation sites excluding steroid dienone is 8. The molecule has 2 unspecified atom stereocenters. The van der Waals surface area contributed by atoms with Gasteiger partial charge in [-0.2, -0.15) is 0 Å². The number of fused-ring (bicyclic) bond motifs is 2. The number of hydrogen-bond acceptors (Lipinski definition) is 1. The fourth-order valence-electron chi connectivity index (χ4n) is 4.93. The Bertz CT molecular complexity index is 1020. The van der Waals surface area contributed by atoms with E-state index in [1.165, 1.54) is 27.8 Å². The van der Waals surface area contributed by atoms with E-state index in [-0.39, 0.29) is 5.41 Å². The summed E-state index contributed by atoms with van der Waals surface area (Å²) in [6.07, 6.45) is 16.1. The summed E-state index contributed by atoms with van der Waals surface area (Å²) >= 11 is 0. The number of nitrogens with one attached hydrogen (secondary N) is 1. The minimum absolute atomic E-state index is 0.318. The average molecular weight is 349 g/mol. The predicted octanol–water partition coefficient (Wildman–Crippen LogP) is 5.74. The standard InChI is InChI=1S/C26H23N/c27-25-17-22-12-6-7-13-24(22)26(25,18-19-8-2-1-3-9-19)23-15-20-10-4-5-11-21(14-20)16-23/h1-15,20,27H,16-18H2. The molecule has 0 saturated carbocycles. The normalized spacial score (nSPS) is 25.6. The van der Waals surface area contributed by atoms with E-state index in [4.69, 9.17) is 5.41 Å². The third-order valence-corrected chi connectivity index (χ3v) is 6.17. The minimum Gasteiger partial charge on any atom is -0.308 e. The van der Waals surface area contributed by atoms with Gasteiger partial charge in [-0.05, 0) is 35.1 Å². The Morgan fingerprint density at radius 3 is 2.59 bits per heavy atom. The van der Waals surface area contributed by atoms with Crippen LogP contribution in [0.25, 0.3) is 0 Å². The summed E-state index contributed by atoms with van der Waals surface area (Å²) in [7, 11) is 0. The smallest absolute Gasteiger partial charge is 0.0587 e. The number of hydrogen-bond donors (Lipinski definition) is 1. The molecule has 2 aromatic rings. The van der Waals surface area contributed by atoms with E-state index >= 15 is 0 Å². The van der Waals surface area contributed by atoms with Crippen LogP contribution < -0.4 is 0 Å². The van der Waals surface area contributed by atoms with E-state index in [2.05, 4.69) is 91.1 Å². The minimum atomic E-state index is -0.318. The highest BCUT2D eigenvalue weighted by molar-refractivity contribution is 6.02. The molecule has 0 aromatic heterocycles. The van der Waals surface area contributed by atoms with Crippen molar-refractivity contribution in [2.45, 2.75) is 24.7 Å². The first kappa shape index (κ1) is 16.3. The maximum atomic E-state index is 9.09. The fourth-order valence-corrected chi connectivity index (χ4v) is 4.93. The zero-order chi connectivity index (χ0) is 18.3. The highest BCUT2D eigenvalue weighted by Gasteiger charge is 2.46. The van der Waals surface area contributed by atoms with Crippen molar-refractivity contribution in [1.29, 1.82) is 5.41 Å². The van der Waals surface area contributed by atoms with Crippen LogP contribution in [0.1, 0.15) is 23.1 Å². The molecule has 0 spiro atoms. The van der Waals surface area contributed by atoms with Crippen molar-refractivity contribution in [3.63, 3.8) is 0 Å². The Labute approximate surface area is 161 Å². The number of benzene rings is 2. The summed E-state index contributed by atoms with van der Waals surface area (Å²) in [4.78, 5) is 0. The molecule has 27 heavy (non-hydrogen) atoms. The van der Waals surface area contributed by atoms with Crippen molar-refractivity contribution in [2.75, 3.05) is 0 Å². The molecule has 0 heterocycles. The Hall–Kier alpha value is -2.93. The second kappa shape index (κ2) is 6.35. The highest BCUT2D eigenvalue weighted by Crippen LogP contribution is 2.48. The Balaban J connectivity index is 1.69. The molecule has 0 saturated heterocycles. The number of rotatable bonds is 3. The van der Waals surface area contributed by atoms with Crippen LogP contribution in [0.5, 0.6) is 0 Å². The summed E-state index contributed by atoms with van der Waals surface area (Å²) in [6, 6.07) is 19.4. The molecule has 5 rings (SSSR count). The molecular weight excluding hydrogens is 326 g/mol. The van der Waals surface area contributed by atoms with Crippen LogP contribution in [0.3, 0.4) is 0 Å². The van der Waals surface area contributed by atoms with Crippen molar-refractivity contribution in [2.24, 2.45) is 5.92 Å². The van der Waals surface area contributed by atoms with Gasteiger partial charge in [-0.3, -0.25) is 0 Å². The largest absolute Gasteiger partial charge is 0.308 e. The van der Waals surface area contributed by atoms with Crippen LogP contribution in [0.4, 0.5) is 0 Å². The van der Waals surface area contributed by atoms with Crippen molar-refractivity contribution >= 4 is 5.71 Å². The average Bonchev–Trinajstić information content (AvgIpc) is 2.86. The summed E-state index contributed by atoms with van der Waals surface area (Å²) in [5.41, 5.74) is 7.22. The van der Waals surface area contributed by atoms with Gasteiger partial charge in [0.2, 0.25) is 0 Å². The van der Waals surface area contributed by atoms with Gasteiger partial charge in [0.05, 0.1) is 5.41 Å². The van der Waals surface area contributed by atoms with Crippen molar-refractivity contribution in [1.82, 2.24) is 0 Å². The van der Waals surface area contributed by atoms with Crippen LogP contribution in [-0.4, -0.2) is 5.71 Å². The predicted molar refractivity (Wildman–Crippen MR) is 112 cm³/mol. The quantitative estimate of drug-likeness (QED) is 0.683. The van der Waals surface area contributed by atoms with Gasteiger partial charge in [0, 0.05) is 18.1 Å². The van der Waals surface area contributed by atoms with E-state index in [0.717, 1.165) is 25.0 Å². The molecule has 3 aliphatic carbocycles. The van der Waals surface area contributed by atoms with Gasteiger partial charge in [0.1, 0.15) is 0 Å². The molecule has 3 aliphatic rings. The van der Waals surface area contributed by atoms with Gasteiger partial charge in [-0.1, -0.05) is 96.6 Å². The first-order chi connectivity index (χ1) is 13.3. The molecule has 132 valence electrons. The van der Waals surface area contributed by atoms with Gasteiger partial charge in [0.15, 0.2) is 0 Å². The lowest BCUT2D eigenvalue weighted by Gasteiger charge is -2.36. The fraction of sp³-hybridized carbons (Fsp3) is 0.192. The summed E-state index contributed by atoms with van der Waals surface area (Å²) < 4.78 is 0. The summed E-state index contributed by atoms with van der Waals surface area (Å²) in [6.45, 7) is 0. The van der Waals surface area contributed by atoms with E-state index in [1.54, 1.807) is 0 Å². The van der Waals surface area contributed by atoms with Gasteiger partial charge in [-0.25, -0.2) is 0 Å². The third-order valence-electron chi connectivity index (χ3n) is 6.17. The zero-order valence-corrected chi connectivity index (χ0v) is 15.4. The highest BCUT2D eigenvalue weighted by atomic mass is 14.6. The topological polar surface area (TPSA) is 23.9 Å². The molecule has 2 bridgehead atoms. The summed E-state index contributed by atoms with van der Waals surface area (Å²) in [5.74, 6) is 0.326. The second-order valence-corrected chi connectivity index (χ2v) is 7.81. The lowest BCUT2D eigenvalue weighted by Crippen LogP contribution is -2.37. The molecule has 0 fully saturated rings. The molecule has 2 aromatic carbocycles. The van der Waals surface area contributed by atoms with Crippen LogP contribution in [0.2, 0.25) is 0 Å². The maximum Gasteiger partial charge on any atom is 0.0587 e. The van der Waals surface area contributed by atoms with Gasteiger partial charge in [0.25, 0.3) is 0 Å². The molecule has 1 heteroatoms. The monoisotopic (exact) mass is 349 g/mol. The molecule has 1 N–H and O–H groups in total. The van der Waals surface area contributed by atoms with Crippen LogP contribution in [-0.2, 0) is 18.3 Å². The van der Waals surface area contributed by atoms with E-state index in [1.807, 2.05) is 0 Å². The van der Waals surface area contributed by atoms with E-state index < -0.39 is 0 Å². The SMILES string of the molecule is N=C1Cc2ccccc2C1(Cc1ccccc1)C1=CC2C=CC=CC(=C2)C1. The van der Waals surface area contributed by atoms with Gasteiger partial charge in [-0.15, -0.1) is 0 Å². The molecule has 0 radical (unpaired) electrons. The Morgan fingerprint density at radius 2 is 1.70 bits per heavy atom. The van der Waals surface area contributed by atoms with Gasteiger partial charge < -0.3 is 5.41 Å². The summed E-state index contributed by atoms with van der Waals surface area (Å²) in [5, 5.41) is 9.09. The molecule has 0 amide bonds. The van der Waals surface area contributed by atoms with Crippen LogP contribution >= 0.6 is 0 Å².